The van der Waals surface area contributed by atoms with Gasteiger partial charge in [-0.15, -0.1) is 0 Å². The Hall–Kier alpha value is -4.09. The van der Waals surface area contributed by atoms with Gasteiger partial charge in [-0.1, -0.05) is 78.5 Å². The Bertz CT molecular complexity index is 1750. The molecule has 5 aromatic carbocycles. The monoisotopic (exact) mass is 467 g/mol. The van der Waals surface area contributed by atoms with E-state index in [-0.39, 0.29) is 6.85 Å². The molecule has 5 heteroatoms. The Labute approximate surface area is 207 Å². The smallest absolute Gasteiger partial charge is 0.335 e. The number of hydrogen-bond acceptors (Lipinski definition) is 4. The molecule has 0 fully saturated rings. The van der Waals surface area contributed by atoms with Crippen LogP contribution in [0.15, 0.2) is 123 Å². The lowest BCUT2D eigenvalue weighted by Gasteiger charge is -2.40. The molecule has 0 N–H and O–H groups in total. The second-order valence-corrected chi connectivity index (χ2v) is 9.99. The summed E-state index contributed by atoms with van der Waals surface area (Å²) in [6.07, 6.45) is 0. The highest BCUT2D eigenvalue weighted by Crippen LogP contribution is 2.52. The van der Waals surface area contributed by atoms with E-state index in [0.717, 1.165) is 50.1 Å². The molecule has 0 unspecified atom stereocenters. The molecule has 3 heterocycles. The molecule has 6 aromatic rings. The molecule has 0 radical (unpaired) electrons. The summed E-state index contributed by atoms with van der Waals surface area (Å²) >= 11 is 1.80. The maximum absolute atomic E-state index is 6.58. The number of rotatable bonds is 1. The van der Waals surface area contributed by atoms with Crippen LogP contribution in [0.4, 0.5) is 11.4 Å². The first-order chi connectivity index (χ1) is 17.4. The van der Waals surface area contributed by atoms with Gasteiger partial charge in [-0.25, -0.2) is 0 Å². The standard InChI is InChI=1S/C30H18BNO2S/c1-5-13-24-19(9-1)20-17-18-28-29(30(20)34-24)32(23-12-4-8-16-27(23)35-28)31-21-10-2-6-14-25(21)33-26-15-7-3-11-22(26)31/h1-18H. The number of fused-ring (bicyclic) bond motifs is 8. The summed E-state index contributed by atoms with van der Waals surface area (Å²) in [5.74, 6) is 1.79. The minimum Gasteiger partial charge on any atom is -0.458 e. The number of ether oxygens (including phenoxy) is 1. The van der Waals surface area contributed by atoms with Gasteiger partial charge in [-0.3, -0.25) is 0 Å². The highest BCUT2D eigenvalue weighted by Gasteiger charge is 2.41. The molecule has 1 aromatic heterocycles. The first-order valence-corrected chi connectivity index (χ1v) is 12.5. The van der Waals surface area contributed by atoms with Crippen LogP contribution in [-0.4, -0.2) is 6.85 Å². The maximum atomic E-state index is 6.58. The van der Waals surface area contributed by atoms with E-state index in [1.807, 2.05) is 18.2 Å². The lowest BCUT2D eigenvalue weighted by Crippen LogP contribution is -2.57. The van der Waals surface area contributed by atoms with Crippen LogP contribution in [0.3, 0.4) is 0 Å². The van der Waals surface area contributed by atoms with E-state index < -0.39 is 0 Å². The molecule has 2 aliphatic rings. The Morgan fingerprint density at radius 2 is 1.29 bits per heavy atom. The summed E-state index contributed by atoms with van der Waals surface area (Å²) in [5, 5.41) is 2.28. The average Bonchev–Trinajstić information content (AvgIpc) is 3.29. The van der Waals surface area contributed by atoms with E-state index in [9.17, 15) is 0 Å². The zero-order chi connectivity index (χ0) is 22.9. The Balaban J connectivity index is 1.49. The molecule has 0 saturated heterocycles. The number of para-hydroxylation sites is 4. The van der Waals surface area contributed by atoms with Gasteiger partial charge in [-0.05, 0) is 53.4 Å². The lowest BCUT2D eigenvalue weighted by molar-refractivity contribution is 0.487. The molecule has 0 bridgehead atoms. The zero-order valence-electron chi connectivity index (χ0n) is 18.6. The van der Waals surface area contributed by atoms with Crippen LogP contribution in [0.2, 0.25) is 0 Å². The summed E-state index contributed by atoms with van der Waals surface area (Å²) in [7, 11) is 0. The topological polar surface area (TPSA) is 25.6 Å². The van der Waals surface area contributed by atoms with Gasteiger partial charge in [0.1, 0.15) is 17.1 Å². The summed E-state index contributed by atoms with van der Waals surface area (Å²) < 4.78 is 12.9. The quantitative estimate of drug-likeness (QED) is 0.241. The van der Waals surface area contributed by atoms with Crippen molar-refractivity contribution in [2.24, 2.45) is 0 Å². The third kappa shape index (κ3) is 2.70. The number of nitrogens with zero attached hydrogens (tertiary/aromatic N) is 1. The van der Waals surface area contributed by atoms with Gasteiger partial charge in [0.2, 0.25) is 0 Å². The van der Waals surface area contributed by atoms with Gasteiger partial charge in [0.15, 0.2) is 5.58 Å². The van der Waals surface area contributed by atoms with Gasteiger partial charge in [0, 0.05) is 26.3 Å². The number of anilines is 2. The first kappa shape index (κ1) is 19.2. The largest absolute Gasteiger partial charge is 0.458 e. The summed E-state index contributed by atoms with van der Waals surface area (Å²) in [4.78, 5) is 4.89. The normalized spacial score (nSPS) is 13.7. The fourth-order valence-electron chi connectivity index (χ4n) is 5.48. The van der Waals surface area contributed by atoms with Crippen molar-refractivity contribution in [3.63, 3.8) is 0 Å². The van der Waals surface area contributed by atoms with Gasteiger partial charge in [-0.2, -0.15) is 0 Å². The molecular weight excluding hydrogens is 449 g/mol. The van der Waals surface area contributed by atoms with E-state index in [1.54, 1.807) is 11.8 Å². The van der Waals surface area contributed by atoms with Crippen molar-refractivity contribution in [1.29, 1.82) is 0 Å². The van der Waals surface area contributed by atoms with Crippen molar-refractivity contribution in [2.75, 3.05) is 4.81 Å². The van der Waals surface area contributed by atoms with Gasteiger partial charge < -0.3 is 14.0 Å². The summed E-state index contributed by atoms with van der Waals surface area (Å²) in [5.41, 5.74) is 6.41. The van der Waals surface area contributed by atoms with Gasteiger partial charge in [0.05, 0.1) is 5.69 Å². The van der Waals surface area contributed by atoms with Crippen LogP contribution in [0.5, 0.6) is 11.5 Å². The highest BCUT2D eigenvalue weighted by atomic mass is 32.2. The van der Waals surface area contributed by atoms with Crippen molar-refractivity contribution >= 4 is 62.8 Å². The minimum atomic E-state index is -0.0595. The van der Waals surface area contributed by atoms with E-state index in [1.165, 1.54) is 15.5 Å². The van der Waals surface area contributed by atoms with Crippen LogP contribution in [0.25, 0.3) is 21.9 Å². The van der Waals surface area contributed by atoms with E-state index >= 15 is 0 Å². The van der Waals surface area contributed by atoms with Gasteiger partial charge >= 0.3 is 6.85 Å². The molecule has 0 spiro atoms. The molecule has 8 rings (SSSR count). The van der Waals surface area contributed by atoms with Crippen LogP contribution in [-0.2, 0) is 0 Å². The van der Waals surface area contributed by atoms with Crippen LogP contribution in [0.1, 0.15) is 0 Å². The summed E-state index contributed by atoms with van der Waals surface area (Å²) in [6, 6.07) is 38.1. The van der Waals surface area contributed by atoms with Crippen molar-refractivity contribution in [3.05, 3.63) is 109 Å². The molecule has 0 amide bonds. The Kier molecular flexibility index (Phi) is 3.96. The molecule has 0 aliphatic carbocycles. The predicted octanol–water partition coefficient (Wildman–Crippen LogP) is 7.10. The molecule has 0 saturated carbocycles. The summed E-state index contributed by atoms with van der Waals surface area (Å²) in [6.45, 7) is -0.0595. The molecule has 0 atom stereocenters. The van der Waals surface area contributed by atoms with Crippen LogP contribution < -0.4 is 20.5 Å². The van der Waals surface area contributed by atoms with Crippen molar-refractivity contribution in [3.8, 4) is 11.5 Å². The number of furan rings is 1. The molecule has 35 heavy (non-hydrogen) atoms. The maximum Gasteiger partial charge on any atom is 0.335 e. The molecular formula is C30H18BNO2S. The van der Waals surface area contributed by atoms with Crippen molar-refractivity contribution < 1.29 is 9.15 Å². The minimum absolute atomic E-state index is 0.0595. The zero-order valence-corrected chi connectivity index (χ0v) is 19.5. The third-order valence-corrected chi connectivity index (χ3v) is 8.09. The predicted molar refractivity (Wildman–Crippen MR) is 144 cm³/mol. The van der Waals surface area contributed by atoms with E-state index in [0.29, 0.717) is 0 Å². The second kappa shape index (κ2) is 7.21. The fraction of sp³-hybridized carbons (Fsp3) is 0. The third-order valence-electron chi connectivity index (χ3n) is 6.97. The Morgan fingerprint density at radius 3 is 2.11 bits per heavy atom. The van der Waals surface area contributed by atoms with Crippen molar-refractivity contribution in [1.82, 2.24) is 0 Å². The molecule has 164 valence electrons. The van der Waals surface area contributed by atoms with E-state index in [2.05, 4.69) is 95.8 Å². The highest BCUT2D eigenvalue weighted by molar-refractivity contribution is 7.99. The van der Waals surface area contributed by atoms with Gasteiger partial charge in [0.25, 0.3) is 0 Å². The molecule has 2 aliphatic heterocycles. The van der Waals surface area contributed by atoms with Crippen molar-refractivity contribution in [2.45, 2.75) is 9.79 Å². The average molecular weight is 467 g/mol. The van der Waals surface area contributed by atoms with Crippen LogP contribution in [0, 0.1) is 0 Å². The Morgan fingerprint density at radius 1 is 0.600 bits per heavy atom. The second-order valence-electron chi connectivity index (χ2n) is 8.91. The van der Waals surface area contributed by atoms with E-state index in [4.69, 9.17) is 9.15 Å². The fourth-order valence-corrected chi connectivity index (χ4v) is 6.56. The molecule has 3 nitrogen and oxygen atoms in total. The number of benzene rings is 5. The van der Waals surface area contributed by atoms with Crippen LogP contribution >= 0.6 is 11.8 Å². The number of hydrogen-bond donors (Lipinski definition) is 0. The first-order valence-electron chi connectivity index (χ1n) is 11.7. The lowest BCUT2D eigenvalue weighted by atomic mass is 9.47. The SMILES string of the molecule is c1ccc2c(c1)Oc1ccccc1B2N1c2ccccc2Sc2ccc3c(oc4ccccc43)c21.